The largest absolute Gasteiger partial charge is 0.352 e. The molecule has 130 valence electrons. The molecule has 5 heteroatoms. The van der Waals surface area contributed by atoms with E-state index in [2.05, 4.69) is 5.32 Å². The maximum Gasteiger partial charge on any atom is 0.226 e. The summed E-state index contributed by atoms with van der Waals surface area (Å²) in [5, 5.41) is 3.13. The zero-order chi connectivity index (χ0) is 16.9. The first-order valence-corrected chi connectivity index (χ1v) is 10.8. The molecule has 1 aromatic rings. The Morgan fingerprint density at radius 1 is 1.04 bits per heavy atom. The Morgan fingerprint density at radius 3 is 2.00 bits per heavy atom. The third-order valence-electron chi connectivity index (χ3n) is 6.32. The van der Waals surface area contributed by atoms with Crippen molar-refractivity contribution in [2.75, 3.05) is 6.26 Å². The molecule has 4 bridgehead atoms. The molecule has 0 heterocycles. The molecule has 0 radical (unpaired) electrons. The first-order valence-electron chi connectivity index (χ1n) is 8.91. The van der Waals surface area contributed by atoms with Crippen LogP contribution in [0.4, 0.5) is 0 Å². The van der Waals surface area contributed by atoms with Gasteiger partial charge in [-0.1, -0.05) is 12.1 Å². The molecule has 4 fully saturated rings. The van der Waals surface area contributed by atoms with Gasteiger partial charge in [0, 0.05) is 18.2 Å². The lowest BCUT2D eigenvalue weighted by atomic mass is 9.49. The lowest BCUT2D eigenvalue weighted by molar-refractivity contribution is -0.146. The molecule has 0 spiro atoms. The van der Waals surface area contributed by atoms with Gasteiger partial charge in [-0.15, -0.1) is 0 Å². The Kier molecular flexibility index (Phi) is 3.75. The molecule has 1 N–H and O–H groups in total. The standard InChI is InChI=1S/C19H25NO3S/c1-24(22,23)17-4-2-13(3-5-17)12-20-18(21)19-9-14-6-15(10-19)8-16(7-14)11-19/h2-5,14-16H,6-12H2,1H3,(H,20,21). The summed E-state index contributed by atoms with van der Waals surface area (Å²) in [6.45, 7) is 0.477. The van der Waals surface area contributed by atoms with Crippen LogP contribution in [0.1, 0.15) is 44.1 Å². The van der Waals surface area contributed by atoms with E-state index < -0.39 is 9.84 Å². The molecule has 1 amide bonds. The van der Waals surface area contributed by atoms with Crippen LogP contribution in [-0.4, -0.2) is 20.6 Å². The maximum atomic E-state index is 12.9. The van der Waals surface area contributed by atoms with E-state index >= 15 is 0 Å². The Balaban J connectivity index is 1.42. The number of nitrogens with one attached hydrogen (secondary N) is 1. The van der Waals surface area contributed by atoms with Crippen molar-refractivity contribution >= 4 is 15.7 Å². The minimum absolute atomic E-state index is 0.124. The van der Waals surface area contributed by atoms with Gasteiger partial charge in [-0.2, -0.15) is 0 Å². The molecule has 0 aromatic heterocycles. The van der Waals surface area contributed by atoms with Gasteiger partial charge in [-0.05, 0) is 74.0 Å². The van der Waals surface area contributed by atoms with E-state index in [9.17, 15) is 13.2 Å². The lowest BCUT2D eigenvalue weighted by Crippen LogP contribution is -2.53. The second-order valence-electron chi connectivity index (χ2n) is 8.30. The maximum absolute atomic E-state index is 12.9. The van der Waals surface area contributed by atoms with Gasteiger partial charge in [0.05, 0.1) is 4.90 Å². The third kappa shape index (κ3) is 2.87. The average molecular weight is 347 g/mol. The molecule has 4 nitrogen and oxygen atoms in total. The highest BCUT2D eigenvalue weighted by Crippen LogP contribution is 2.60. The number of carbonyl (C=O) groups excluding carboxylic acids is 1. The second kappa shape index (κ2) is 5.58. The number of carbonyl (C=O) groups is 1. The van der Waals surface area contributed by atoms with Gasteiger partial charge in [0.2, 0.25) is 5.91 Å². The number of hydrogen-bond donors (Lipinski definition) is 1. The fourth-order valence-corrected chi connectivity index (χ4v) is 6.24. The molecule has 0 aliphatic heterocycles. The second-order valence-corrected chi connectivity index (χ2v) is 10.3. The summed E-state index contributed by atoms with van der Waals surface area (Å²) in [5.74, 6) is 2.50. The Morgan fingerprint density at radius 2 is 1.54 bits per heavy atom. The number of benzene rings is 1. The summed E-state index contributed by atoms with van der Waals surface area (Å²) in [5.41, 5.74) is 0.821. The lowest BCUT2D eigenvalue weighted by Gasteiger charge is -2.55. The minimum Gasteiger partial charge on any atom is -0.352 e. The third-order valence-corrected chi connectivity index (χ3v) is 7.45. The normalized spacial score (nSPS) is 34.3. The Hall–Kier alpha value is -1.36. The minimum atomic E-state index is -3.17. The molecule has 5 rings (SSSR count). The summed E-state index contributed by atoms with van der Waals surface area (Å²) in [7, 11) is -3.17. The fraction of sp³-hybridized carbons (Fsp3) is 0.632. The monoisotopic (exact) mass is 347 g/mol. The predicted molar refractivity (Wildman–Crippen MR) is 92.0 cm³/mol. The molecular weight excluding hydrogens is 322 g/mol. The van der Waals surface area contributed by atoms with Gasteiger partial charge < -0.3 is 5.32 Å². The van der Waals surface area contributed by atoms with Crippen molar-refractivity contribution in [3.8, 4) is 0 Å². The van der Waals surface area contributed by atoms with Crippen molar-refractivity contribution < 1.29 is 13.2 Å². The highest BCUT2D eigenvalue weighted by atomic mass is 32.2. The van der Waals surface area contributed by atoms with Gasteiger partial charge in [0.25, 0.3) is 0 Å². The topological polar surface area (TPSA) is 63.2 Å². The molecule has 0 unspecified atom stereocenters. The van der Waals surface area contributed by atoms with Crippen LogP contribution >= 0.6 is 0 Å². The predicted octanol–water partition coefficient (Wildman–Crippen LogP) is 2.92. The van der Waals surface area contributed by atoms with E-state index in [0.29, 0.717) is 11.4 Å². The van der Waals surface area contributed by atoms with Crippen LogP contribution in [0.15, 0.2) is 29.2 Å². The summed E-state index contributed by atoms with van der Waals surface area (Å²) in [4.78, 5) is 13.2. The van der Waals surface area contributed by atoms with Crippen molar-refractivity contribution in [3.63, 3.8) is 0 Å². The van der Waals surface area contributed by atoms with Gasteiger partial charge >= 0.3 is 0 Å². The summed E-state index contributed by atoms with van der Waals surface area (Å²) >= 11 is 0. The van der Waals surface area contributed by atoms with Gasteiger partial charge in [-0.25, -0.2) is 8.42 Å². The van der Waals surface area contributed by atoms with Crippen molar-refractivity contribution in [1.29, 1.82) is 0 Å². The van der Waals surface area contributed by atoms with Crippen LogP contribution in [0.2, 0.25) is 0 Å². The Labute approximate surface area is 143 Å². The molecule has 4 aliphatic rings. The highest BCUT2D eigenvalue weighted by molar-refractivity contribution is 7.90. The summed E-state index contributed by atoms with van der Waals surface area (Å²) in [6, 6.07) is 6.80. The molecule has 4 saturated carbocycles. The summed E-state index contributed by atoms with van der Waals surface area (Å²) in [6.07, 6.45) is 8.41. The van der Waals surface area contributed by atoms with E-state index in [1.54, 1.807) is 24.3 Å². The van der Waals surface area contributed by atoms with Crippen LogP contribution in [0.3, 0.4) is 0 Å². The van der Waals surface area contributed by atoms with Gasteiger partial charge in [0.1, 0.15) is 0 Å². The first kappa shape index (κ1) is 16.1. The molecule has 4 aliphatic carbocycles. The van der Waals surface area contributed by atoms with Gasteiger partial charge in [-0.3, -0.25) is 4.79 Å². The summed E-state index contributed by atoms with van der Waals surface area (Å²) < 4.78 is 23.0. The SMILES string of the molecule is CS(=O)(=O)c1ccc(CNC(=O)C23CC4CC(CC(C4)C2)C3)cc1. The van der Waals surface area contributed by atoms with E-state index in [1.165, 1.54) is 25.5 Å². The average Bonchev–Trinajstić information content (AvgIpc) is 2.51. The molecule has 0 atom stereocenters. The Bertz CT molecular complexity index is 716. The van der Waals surface area contributed by atoms with Crippen LogP contribution < -0.4 is 5.32 Å². The van der Waals surface area contributed by atoms with E-state index in [0.717, 1.165) is 42.6 Å². The number of sulfone groups is 1. The van der Waals surface area contributed by atoms with Crippen LogP contribution in [0.25, 0.3) is 0 Å². The smallest absolute Gasteiger partial charge is 0.226 e. The molecule has 24 heavy (non-hydrogen) atoms. The van der Waals surface area contributed by atoms with Crippen LogP contribution in [0, 0.1) is 23.2 Å². The van der Waals surface area contributed by atoms with E-state index in [4.69, 9.17) is 0 Å². The van der Waals surface area contributed by atoms with Crippen molar-refractivity contribution in [3.05, 3.63) is 29.8 Å². The van der Waals surface area contributed by atoms with Crippen molar-refractivity contribution in [1.82, 2.24) is 5.32 Å². The van der Waals surface area contributed by atoms with Crippen molar-refractivity contribution in [2.24, 2.45) is 23.2 Å². The van der Waals surface area contributed by atoms with Gasteiger partial charge in [0.15, 0.2) is 9.84 Å². The van der Waals surface area contributed by atoms with Crippen LogP contribution in [-0.2, 0) is 21.2 Å². The number of amides is 1. The zero-order valence-electron chi connectivity index (χ0n) is 14.1. The molecular formula is C19H25NO3S. The highest BCUT2D eigenvalue weighted by Gasteiger charge is 2.54. The van der Waals surface area contributed by atoms with Crippen LogP contribution in [0.5, 0.6) is 0 Å². The first-order chi connectivity index (χ1) is 11.3. The zero-order valence-corrected chi connectivity index (χ0v) is 14.9. The number of rotatable bonds is 4. The quantitative estimate of drug-likeness (QED) is 0.911. The van der Waals surface area contributed by atoms with Crippen molar-refractivity contribution in [2.45, 2.75) is 50.0 Å². The fourth-order valence-electron chi connectivity index (χ4n) is 5.61. The van der Waals surface area contributed by atoms with E-state index in [-0.39, 0.29) is 11.3 Å². The molecule has 1 aromatic carbocycles. The van der Waals surface area contributed by atoms with E-state index in [1.807, 2.05) is 0 Å². The number of hydrogen-bond acceptors (Lipinski definition) is 3. The molecule has 0 saturated heterocycles.